The molecule has 1 N–H and O–H groups in total. The number of fused-ring (bicyclic) bond motifs is 3. The van der Waals surface area contributed by atoms with Crippen LogP contribution in [-0.4, -0.2) is 64.0 Å². The van der Waals surface area contributed by atoms with Crippen LogP contribution in [0, 0.1) is 0 Å². The zero-order valence-electron chi connectivity index (χ0n) is 20.2. The van der Waals surface area contributed by atoms with E-state index >= 15 is 0 Å². The molecular formula is C25H29ClN2O6S. The predicted molar refractivity (Wildman–Crippen MR) is 138 cm³/mol. The summed E-state index contributed by atoms with van der Waals surface area (Å²) in [4.78, 5) is 27.9. The molecule has 0 radical (unpaired) electrons. The summed E-state index contributed by atoms with van der Waals surface area (Å²) >= 11 is 8.67. The quantitative estimate of drug-likeness (QED) is 0.634. The maximum absolute atomic E-state index is 13.2. The van der Waals surface area contributed by atoms with Crippen LogP contribution in [0.3, 0.4) is 0 Å². The highest BCUT2D eigenvalue weighted by atomic mass is 35.5. The number of nitrogens with one attached hydrogen (secondary N) is 1. The van der Waals surface area contributed by atoms with Gasteiger partial charge in [-0.05, 0) is 41.7 Å². The van der Waals surface area contributed by atoms with Crippen LogP contribution in [0.2, 0.25) is 5.02 Å². The first-order valence-corrected chi connectivity index (χ1v) is 12.8. The van der Waals surface area contributed by atoms with Crippen molar-refractivity contribution in [2.24, 2.45) is 0 Å². The number of hydrogen-bond acceptors (Lipinski definition) is 7. The number of amides is 2. The molecule has 1 saturated heterocycles. The molecular weight excluding hydrogens is 492 g/mol. The number of benzene rings is 1. The Morgan fingerprint density at radius 1 is 1.03 bits per heavy atom. The second-order valence-corrected chi connectivity index (χ2v) is 9.79. The maximum atomic E-state index is 13.2. The minimum atomic E-state index is -0.429. The van der Waals surface area contributed by atoms with E-state index in [2.05, 4.69) is 5.32 Å². The number of thioether (sulfide) groups is 1. The SMILES string of the molecule is COc1c(Cl)c2c(c(OC)c1OC)-c1ccc(OC)c(=O)cc1[C@@H](NC(=O)N1CCSCC1)CC2. The minimum Gasteiger partial charge on any atom is -0.493 e. The van der Waals surface area contributed by atoms with E-state index in [9.17, 15) is 9.59 Å². The van der Waals surface area contributed by atoms with Gasteiger partial charge in [-0.15, -0.1) is 0 Å². The Morgan fingerprint density at radius 3 is 2.34 bits per heavy atom. The molecule has 10 heteroatoms. The summed E-state index contributed by atoms with van der Waals surface area (Å²) in [6.07, 6.45) is 1.05. The monoisotopic (exact) mass is 520 g/mol. The van der Waals surface area contributed by atoms with Crippen molar-refractivity contribution in [2.45, 2.75) is 18.9 Å². The second-order valence-electron chi connectivity index (χ2n) is 8.19. The molecule has 35 heavy (non-hydrogen) atoms. The number of carbonyl (C=O) groups is 1. The summed E-state index contributed by atoms with van der Waals surface area (Å²) in [5, 5.41) is 3.57. The van der Waals surface area contributed by atoms with E-state index in [1.165, 1.54) is 27.4 Å². The first-order chi connectivity index (χ1) is 16.9. The third-order valence-electron chi connectivity index (χ3n) is 6.40. The summed E-state index contributed by atoms with van der Waals surface area (Å²) in [5.41, 5.74) is 2.59. The van der Waals surface area contributed by atoms with E-state index < -0.39 is 6.04 Å². The molecule has 1 fully saturated rings. The van der Waals surface area contributed by atoms with Crippen LogP contribution in [0.15, 0.2) is 23.0 Å². The molecule has 188 valence electrons. The number of hydrogen-bond donors (Lipinski definition) is 1. The third kappa shape index (κ3) is 4.71. The van der Waals surface area contributed by atoms with Gasteiger partial charge in [-0.2, -0.15) is 11.8 Å². The normalized spacial score (nSPS) is 16.9. The Kier molecular flexibility index (Phi) is 7.86. The van der Waals surface area contributed by atoms with Crippen LogP contribution in [0.5, 0.6) is 23.0 Å². The number of ether oxygens (including phenoxy) is 4. The number of halogens is 1. The third-order valence-corrected chi connectivity index (χ3v) is 7.75. The van der Waals surface area contributed by atoms with Crippen molar-refractivity contribution < 1.29 is 23.7 Å². The molecule has 1 aliphatic heterocycles. The fraction of sp³-hybridized carbons (Fsp3) is 0.440. The van der Waals surface area contributed by atoms with E-state index in [0.717, 1.165) is 17.1 Å². The summed E-state index contributed by atoms with van der Waals surface area (Å²) < 4.78 is 22.3. The smallest absolute Gasteiger partial charge is 0.317 e. The Balaban J connectivity index is 1.94. The summed E-state index contributed by atoms with van der Waals surface area (Å²) in [5.74, 6) is 3.19. The van der Waals surface area contributed by atoms with Crippen molar-refractivity contribution >= 4 is 29.4 Å². The molecule has 0 unspecified atom stereocenters. The lowest BCUT2D eigenvalue weighted by molar-refractivity contribution is 0.198. The van der Waals surface area contributed by atoms with Crippen LogP contribution in [0.4, 0.5) is 4.79 Å². The molecule has 1 heterocycles. The lowest BCUT2D eigenvalue weighted by Gasteiger charge is -2.29. The molecule has 0 spiro atoms. The van der Waals surface area contributed by atoms with Crippen molar-refractivity contribution in [1.29, 1.82) is 0 Å². The molecule has 2 aliphatic rings. The lowest BCUT2D eigenvalue weighted by Crippen LogP contribution is -2.45. The van der Waals surface area contributed by atoms with Gasteiger partial charge in [0.15, 0.2) is 17.2 Å². The van der Waals surface area contributed by atoms with Crippen LogP contribution in [0.1, 0.15) is 23.6 Å². The van der Waals surface area contributed by atoms with Crippen LogP contribution in [-0.2, 0) is 6.42 Å². The van der Waals surface area contributed by atoms with Crippen molar-refractivity contribution in [3.05, 3.63) is 44.6 Å². The maximum Gasteiger partial charge on any atom is 0.317 e. The number of methoxy groups -OCH3 is 4. The minimum absolute atomic E-state index is 0.147. The lowest BCUT2D eigenvalue weighted by atomic mass is 9.95. The van der Waals surface area contributed by atoms with Crippen molar-refractivity contribution in [3.8, 4) is 34.1 Å². The predicted octanol–water partition coefficient (Wildman–Crippen LogP) is 4.15. The van der Waals surface area contributed by atoms with E-state index in [-0.39, 0.29) is 17.2 Å². The van der Waals surface area contributed by atoms with Crippen LogP contribution in [0.25, 0.3) is 11.1 Å². The van der Waals surface area contributed by atoms with Crippen molar-refractivity contribution in [2.75, 3.05) is 53.0 Å². The number of rotatable bonds is 5. The van der Waals surface area contributed by atoms with Crippen molar-refractivity contribution in [3.63, 3.8) is 0 Å². The van der Waals surface area contributed by atoms with Crippen molar-refractivity contribution in [1.82, 2.24) is 10.2 Å². The average molecular weight is 521 g/mol. The van der Waals surface area contributed by atoms with Gasteiger partial charge >= 0.3 is 6.03 Å². The van der Waals surface area contributed by atoms with Gasteiger partial charge in [-0.25, -0.2) is 4.79 Å². The fourth-order valence-corrected chi connectivity index (χ4v) is 5.95. The van der Waals surface area contributed by atoms with Gasteiger partial charge in [0, 0.05) is 30.2 Å². The molecule has 2 aromatic rings. The highest BCUT2D eigenvalue weighted by Gasteiger charge is 2.33. The number of nitrogens with zero attached hydrogens (tertiary/aromatic N) is 1. The van der Waals surface area contributed by atoms with Gasteiger partial charge in [-0.3, -0.25) is 4.79 Å². The topological polar surface area (TPSA) is 86.3 Å². The Morgan fingerprint density at radius 2 is 1.71 bits per heavy atom. The molecule has 2 amide bonds. The molecule has 2 aromatic carbocycles. The molecule has 0 bridgehead atoms. The van der Waals surface area contributed by atoms with Gasteiger partial charge in [0.1, 0.15) is 0 Å². The van der Waals surface area contributed by atoms with E-state index in [0.29, 0.717) is 64.9 Å². The Labute approximate surface area is 213 Å². The molecule has 1 atom stereocenters. The van der Waals surface area contributed by atoms with Crippen LogP contribution >= 0.6 is 23.4 Å². The number of urea groups is 1. The molecule has 8 nitrogen and oxygen atoms in total. The van der Waals surface area contributed by atoms with E-state index in [1.807, 2.05) is 16.7 Å². The zero-order chi connectivity index (χ0) is 25.1. The summed E-state index contributed by atoms with van der Waals surface area (Å²) in [6, 6.07) is 4.39. The van der Waals surface area contributed by atoms with E-state index in [1.54, 1.807) is 19.2 Å². The first-order valence-electron chi connectivity index (χ1n) is 11.3. The standard InChI is InChI=1S/C25H29ClN2O6S/c1-31-19-8-6-14-16(13-18(19)29)17(27-25(30)28-9-11-35-12-10-28)7-5-15-20(14)22(32-2)24(34-4)23(33-3)21(15)26/h6,8,13,17H,5,7,9-12H2,1-4H3,(H,27,30)/t17-/m0/s1. The molecule has 0 saturated carbocycles. The van der Waals surface area contributed by atoms with Gasteiger partial charge in [0.2, 0.25) is 11.2 Å². The fourth-order valence-electron chi connectivity index (χ4n) is 4.70. The summed E-state index contributed by atoms with van der Waals surface area (Å²) in [6.45, 7) is 1.38. The molecule has 1 aliphatic carbocycles. The molecule has 0 aromatic heterocycles. The Hall–Kier alpha value is -2.78. The highest BCUT2D eigenvalue weighted by molar-refractivity contribution is 7.99. The largest absolute Gasteiger partial charge is 0.493 e. The van der Waals surface area contributed by atoms with Gasteiger partial charge < -0.3 is 29.2 Å². The van der Waals surface area contributed by atoms with Crippen LogP contribution < -0.4 is 29.7 Å². The number of carbonyl (C=O) groups excluding carboxylic acids is 1. The van der Waals surface area contributed by atoms with E-state index in [4.69, 9.17) is 30.5 Å². The Bertz CT molecular complexity index is 1190. The van der Waals surface area contributed by atoms with Gasteiger partial charge in [-0.1, -0.05) is 17.7 Å². The zero-order valence-corrected chi connectivity index (χ0v) is 21.8. The summed E-state index contributed by atoms with van der Waals surface area (Å²) in [7, 11) is 6.04. The first kappa shape index (κ1) is 25.3. The average Bonchev–Trinajstić information content (AvgIpc) is 3.13. The second kappa shape index (κ2) is 10.9. The van der Waals surface area contributed by atoms with Gasteiger partial charge in [0.05, 0.1) is 39.5 Å². The molecule has 4 rings (SSSR count). The highest BCUT2D eigenvalue weighted by Crippen LogP contribution is 2.54. The van der Waals surface area contributed by atoms with Gasteiger partial charge in [0.25, 0.3) is 0 Å².